The smallest absolute Gasteiger partial charge is 0.332 e. The van der Waals surface area contributed by atoms with Crippen molar-refractivity contribution in [3.8, 4) is 23.0 Å². The van der Waals surface area contributed by atoms with Crippen LogP contribution in [-0.4, -0.2) is 144 Å². The van der Waals surface area contributed by atoms with E-state index < -0.39 is 37.5 Å². The maximum atomic E-state index is 13.7. The molecule has 3 fully saturated rings. The SMILES string of the molecule is C.C1CCOC1.CCn1c(=O)c2c(nc(N[C@@H]3CCC[C@H]3O)n2Cc2ccc(O)c(Br)c2)n(CCO)c1=O.CCn1c(=O)c2c(nc(N[C@@H]3CCC[C@H]3O)n2Cc2ccc(OC)c(Br)c2)n(CCO[Si](C)(C)C(C)(C)C)c1=O.COc1ccc(C)cc1Br.COc1ccc(CBr)cc1Br.ClCCl. The number of aromatic hydroxyl groups is 1. The number of methoxy groups -OCH3 is 3. The van der Waals surface area contributed by atoms with Crippen LogP contribution in [0, 0.1) is 6.92 Å². The van der Waals surface area contributed by atoms with Gasteiger partial charge in [-0.2, -0.15) is 9.97 Å². The molecular weight excluding hydrogens is 1700 g/mol. The molecule has 31 heteroatoms. The Balaban J connectivity index is 0.000000264. The van der Waals surface area contributed by atoms with Gasteiger partial charge in [-0.1, -0.05) is 68.4 Å². The molecule has 5 heterocycles. The zero-order valence-corrected chi connectivity index (χ0v) is 69.5. The van der Waals surface area contributed by atoms with Crippen molar-refractivity contribution in [1.82, 2.24) is 37.4 Å². The third-order valence-corrected chi connectivity index (χ3v) is 25.5. The number of hydrogen-bond donors (Lipinski definition) is 6. The molecule has 4 atom stereocenters. The Hall–Kier alpha value is -5.02. The number of halogens is 7. The van der Waals surface area contributed by atoms with Gasteiger partial charge in [0.05, 0.1) is 108 Å². The highest BCUT2D eigenvalue weighted by Crippen LogP contribution is 2.37. The minimum absolute atomic E-state index is 0. The molecule has 0 spiro atoms. The van der Waals surface area contributed by atoms with E-state index in [0.717, 1.165) is 84.8 Å². The maximum absolute atomic E-state index is 13.7. The average molecular weight is 1800 g/mol. The van der Waals surface area contributed by atoms with Crippen LogP contribution in [-0.2, 0) is 53.8 Å². The van der Waals surface area contributed by atoms with Crippen molar-refractivity contribution in [3.63, 3.8) is 0 Å². The van der Waals surface area contributed by atoms with E-state index in [2.05, 4.69) is 129 Å². The Morgan fingerprint density at radius 3 is 1.38 bits per heavy atom. The van der Waals surface area contributed by atoms with Gasteiger partial charge in [0.2, 0.25) is 11.9 Å². The first-order valence-corrected chi connectivity index (χ1v) is 41.6. The topological polar surface area (TPSA) is 275 Å². The molecule has 23 nitrogen and oxygen atoms in total. The van der Waals surface area contributed by atoms with E-state index in [9.17, 15) is 39.6 Å². The Morgan fingerprint density at radius 2 is 1.02 bits per heavy atom. The number of hydrogen-bond acceptors (Lipinski definition) is 17. The summed E-state index contributed by atoms with van der Waals surface area (Å²) in [4.78, 5) is 62.8. The molecule has 564 valence electrons. The Morgan fingerprint density at radius 1 is 0.608 bits per heavy atom. The van der Waals surface area contributed by atoms with E-state index in [0.29, 0.717) is 59.3 Å². The van der Waals surface area contributed by atoms with Gasteiger partial charge in [0.15, 0.2) is 30.6 Å². The molecule has 3 aliphatic rings. The van der Waals surface area contributed by atoms with Crippen molar-refractivity contribution in [1.29, 1.82) is 0 Å². The molecule has 6 N–H and O–H groups in total. The lowest BCUT2D eigenvalue weighted by atomic mass is 10.2. The Kier molecular flexibility index (Phi) is 35.9. The highest BCUT2D eigenvalue weighted by Gasteiger charge is 2.37. The molecular formula is C71H99Br5Cl2N10O13Si. The molecule has 1 aliphatic heterocycles. The number of fused-ring (bicyclic) bond motifs is 2. The van der Waals surface area contributed by atoms with E-state index in [-0.39, 0.29) is 91.7 Å². The Labute approximate surface area is 650 Å². The number of aryl methyl sites for hydroxylation is 1. The number of imidazole rings is 2. The van der Waals surface area contributed by atoms with Crippen molar-refractivity contribution < 1.29 is 43.8 Å². The van der Waals surface area contributed by atoms with Crippen LogP contribution < -0.4 is 47.3 Å². The number of nitrogens with zero attached hydrogens (tertiary/aromatic N) is 8. The molecule has 11 rings (SSSR count). The van der Waals surface area contributed by atoms with Gasteiger partial charge < -0.3 is 54.4 Å². The van der Waals surface area contributed by atoms with Crippen LogP contribution >= 0.6 is 103 Å². The summed E-state index contributed by atoms with van der Waals surface area (Å²) in [6, 6.07) is 22.4. The zero-order valence-electron chi connectivity index (χ0n) is 59.1. The molecule has 8 aromatic rings. The first-order chi connectivity index (χ1) is 48.1. The molecule has 1 saturated heterocycles. The number of alkyl halides is 3. The third-order valence-electron chi connectivity index (χ3n) is 17.8. The lowest BCUT2D eigenvalue weighted by Gasteiger charge is -2.36. The minimum Gasteiger partial charge on any atom is -0.507 e. The van der Waals surface area contributed by atoms with Crippen molar-refractivity contribution in [3.05, 3.63) is 155 Å². The van der Waals surface area contributed by atoms with Crippen LogP contribution in [0.1, 0.15) is 116 Å². The molecule has 4 aromatic heterocycles. The number of anilines is 2. The summed E-state index contributed by atoms with van der Waals surface area (Å²) < 4.78 is 38.9. The van der Waals surface area contributed by atoms with Crippen LogP contribution in [0.2, 0.25) is 18.1 Å². The lowest BCUT2D eigenvalue weighted by Crippen LogP contribution is -2.43. The number of rotatable bonds is 20. The lowest BCUT2D eigenvalue weighted by molar-refractivity contribution is 0.171. The van der Waals surface area contributed by atoms with Crippen LogP contribution in [0.4, 0.5) is 11.9 Å². The van der Waals surface area contributed by atoms with Gasteiger partial charge in [-0.05, 0) is 225 Å². The van der Waals surface area contributed by atoms with E-state index in [1.165, 1.54) is 33.1 Å². The van der Waals surface area contributed by atoms with E-state index in [1.807, 2.05) is 66.1 Å². The van der Waals surface area contributed by atoms with Gasteiger partial charge in [0.25, 0.3) is 11.1 Å². The van der Waals surface area contributed by atoms with Gasteiger partial charge >= 0.3 is 11.4 Å². The van der Waals surface area contributed by atoms with Crippen molar-refractivity contribution in [2.45, 2.75) is 187 Å². The van der Waals surface area contributed by atoms with E-state index in [4.69, 9.17) is 51.6 Å². The quantitative estimate of drug-likeness (QED) is 0.0306. The number of benzene rings is 4. The fourth-order valence-corrected chi connectivity index (χ4v) is 14.9. The molecule has 0 bridgehead atoms. The molecule has 2 saturated carbocycles. The normalized spacial score (nSPS) is 16.2. The summed E-state index contributed by atoms with van der Waals surface area (Å²) in [7, 11) is 2.89. The van der Waals surface area contributed by atoms with Gasteiger partial charge in [-0.15, -0.1) is 23.2 Å². The number of ether oxygens (including phenoxy) is 4. The monoisotopic (exact) mass is 1790 g/mol. The second kappa shape index (κ2) is 41.8. The third kappa shape index (κ3) is 23.0. The number of aromatic nitrogens is 8. The molecule has 0 radical (unpaired) electrons. The minimum atomic E-state index is -2.04. The van der Waals surface area contributed by atoms with Gasteiger partial charge in [0.1, 0.15) is 23.0 Å². The highest BCUT2D eigenvalue weighted by atomic mass is 79.9. The van der Waals surface area contributed by atoms with Crippen LogP contribution in [0.15, 0.2) is 110 Å². The first-order valence-electron chi connectivity index (χ1n) is 33.4. The predicted molar refractivity (Wildman–Crippen MR) is 429 cm³/mol. The number of aliphatic hydroxyl groups excluding tert-OH is 3. The van der Waals surface area contributed by atoms with Crippen molar-refractivity contribution >= 4 is 145 Å². The number of nitrogens with one attached hydrogen (secondary N) is 2. The van der Waals surface area contributed by atoms with E-state index in [1.54, 1.807) is 62.5 Å². The Bertz CT molecular complexity index is 4270. The summed E-state index contributed by atoms with van der Waals surface area (Å²) in [5.41, 5.74) is 3.49. The highest BCUT2D eigenvalue weighted by molar-refractivity contribution is 9.11. The molecule has 4 aromatic carbocycles. The largest absolute Gasteiger partial charge is 0.507 e. The standard InChI is InChI=1S/C28H42BrN5O5Si.C21H26BrN5O5.C8H8Br2O.C8H9BrO.C4H8O.CH2Cl2.CH4/c1-8-32-25(36)23-24(33(27(32)37)14-15-39-40(6,7)28(2,3)4)31-26(30-20-10-9-11-21(20)35)34(23)17-18-12-13-22(38-5)19(29)16-18;1-2-25-19(31)17-18(26(8-9-28)21(25)32)24-20(23-14-4-3-5-16(14)30)27(17)11-12-6-7-15(29)13(22)10-12;1-11-8-3-2-6(5-9)4-7(8)10;1-6-3-4-8(10-2)7(9)5-6;1-2-4-5-3-1;2-1-3;/h12-13,16,20-21,35H,8-11,14-15,17H2,1-7H3,(H,30,31);6-7,10,14,16,28-30H,2-5,8-9,11H2,1H3,(H,23,24);2-4H,5H2,1H3;3-5H,1-2H3;1-4H2;1H2;1H4/t20-,21-;14-,16-;;;;;/m11...../s1. The molecule has 102 heavy (non-hydrogen) atoms. The zero-order chi connectivity index (χ0) is 74.5. The first kappa shape index (κ1) is 87.6. The summed E-state index contributed by atoms with van der Waals surface area (Å²) in [5.74, 6) is 3.38. The second-order valence-electron chi connectivity index (χ2n) is 25.6. The molecule has 0 amide bonds. The number of phenolic OH excluding ortho intramolecular Hbond substituents is 1. The van der Waals surface area contributed by atoms with Gasteiger partial charge in [-0.3, -0.25) is 37.0 Å². The molecule has 0 unspecified atom stereocenters. The predicted octanol–water partition coefficient (Wildman–Crippen LogP) is 14.7. The number of aliphatic hydroxyl groups is 3. The summed E-state index contributed by atoms with van der Waals surface area (Å²) >= 11 is 26.6. The van der Waals surface area contributed by atoms with Crippen molar-refractivity contribution in [2.24, 2.45) is 0 Å². The fraction of sp³-hybridized carbons (Fsp3) is 0.521. The average Bonchev–Trinajstić information content (AvgIpc) is 1.58. The van der Waals surface area contributed by atoms with Crippen LogP contribution in [0.5, 0.6) is 23.0 Å². The van der Waals surface area contributed by atoms with Crippen molar-refractivity contribution in [2.75, 3.05) is 63.7 Å². The fourth-order valence-electron chi connectivity index (χ4n) is 11.2. The van der Waals surface area contributed by atoms with E-state index >= 15 is 0 Å². The maximum Gasteiger partial charge on any atom is 0.332 e. The van der Waals surface area contributed by atoms with Crippen LogP contribution in [0.3, 0.4) is 0 Å². The molecule has 2 aliphatic carbocycles. The number of phenols is 1. The summed E-state index contributed by atoms with van der Waals surface area (Å²) in [6.45, 7) is 19.8. The summed E-state index contributed by atoms with van der Waals surface area (Å²) in [6.07, 6.45) is 6.25. The second-order valence-corrected chi connectivity index (χ2v) is 35.2. The summed E-state index contributed by atoms with van der Waals surface area (Å²) in [5, 5.41) is 47.9. The van der Waals surface area contributed by atoms with Gasteiger partial charge in [-0.25, -0.2) is 9.59 Å². The van der Waals surface area contributed by atoms with Crippen LogP contribution in [0.25, 0.3) is 22.3 Å². The van der Waals surface area contributed by atoms with Gasteiger partial charge in [0, 0.05) is 31.6 Å².